The predicted octanol–water partition coefficient (Wildman–Crippen LogP) is 0.164. The van der Waals surface area contributed by atoms with E-state index in [-0.39, 0.29) is 17.5 Å². The maximum absolute atomic E-state index is 11.7. The molecule has 0 spiro atoms. The molecule has 1 aromatic heterocycles. The van der Waals surface area contributed by atoms with E-state index in [0.29, 0.717) is 18.9 Å². The molecule has 0 aliphatic heterocycles. The molecule has 0 aliphatic carbocycles. The Hall–Kier alpha value is -2.18. The molecule has 1 rings (SSSR count). The standard InChI is InChI=1S/C12H19N5O2/c1-3-6-14-11-5-4-10(16-17-11)12(19)15-8-7-13-9(2)18/h4-5H,3,6-8H2,1-2H3,(H,13,18)(H,14,17)(H,15,19). The van der Waals surface area contributed by atoms with Gasteiger partial charge >= 0.3 is 0 Å². The molecule has 2 amide bonds. The van der Waals surface area contributed by atoms with E-state index in [1.165, 1.54) is 6.92 Å². The lowest BCUT2D eigenvalue weighted by Gasteiger charge is -2.06. The molecule has 0 unspecified atom stereocenters. The zero-order valence-corrected chi connectivity index (χ0v) is 11.2. The van der Waals surface area contributed by atoms with Crippen molar-refractivity contribution in [2.75, 3.05) is 25.0 Å². The third-order valence-electron chi connectivity index (χ3n) is 2.24. The fourth-order valence-corrected chi connectivity index (χ4v) is 1.31. The summed E-state index contributed by atoms with van der Waals surface area (Å²) < 4.78 is 0. The maximum atomic E-state index is 11.7. The van der Waals surface area contributed by atoms with Crippen LogP contribution in [0.25, 0.3) is 0 Å². The maximum Gasteiger partial charge on any atom is 0.271 e. The number of aromatic nitrogens is 2. The van der Waals surface area contributed by atoms with Crippen LogP contribution in [0, 0.1) is 0 Å². The summed E-state index contributed by atoms with van der Waals surface area (Å²) in [5.74, 6) is 0.219. The van der Waals surface area contributed by atoms with Gasteiger partial charge in [-0.1, -0.05) is 6.92 Å². The zero-order chi connectivity index (χ0) is 14.1. The van der Waals surface area contributed by atoms with Crippen LogP contribution in [0.15, 0.2) is 12.1 Å². The first-order valence-corrected chi connectivity index (χ1v) is 6.23. The van der Waals surface area contributed by atoms with Crippen LogP contribution in [0.5, 0.6) is 0 Å². The number of carbonyl (C=O) groups excluding carboxylic acids is 2. The molecule has 3 N–H and O–H groups in total. The van der Waals surface area contributed by atoms with Crippen molar-refractivity contribution < 1.29 is 9.59 Å². The Balaban J connectivity index is 2.37. The molecule has 0 aromatic carbocycles. The Morgan fingerprint density at radius 1 is 1.11 bits per heavy atom. The minimum absolute atomic E-state index is 0.125. The molecule has 0 fully saturated rings. The van der Waals surface area contributed by atoms with Crippen LogP contribution in [-0.2, 0) is 4.79 Å². The molecule has 7 heteroatoms. The summed E-state index contributed by atoms with van der Waals surface area (Å²) in [6.45, 7) is 5.05. The highest BCUT2D eigenvalue weighted by Gasteiger charge is 2.07. The molecule has 0 saturated heterocycles. The van der Waals surface area contributed by atoms with Gasteiger partial charge in [-0.25, -0.2) is 0 Å². The Morgan fingerprint density at radius 2 is 1.84 bits per heavy atom. The second-order valence-corrected chi connectivity index (χ2v) is 3.97. The zero-order valence-electron chi connectivity index (χ0n) is 11.2. The Bertz CT molecular complexity index is 419. The van der Waals surface area contributed by atoms with Crippen molar-refractivity contribution >= 4 is 17.6 Å². The van der Waals surface area contributed by atoms with Crippen molar-refractivity contribution in [1.82, 2.24) is 20.8 Å². The number of amides is 2. The van der Waals surface area contributed by atoms with Crippen LogP contribution >= 0.6 is 0 Å². The number of anilines is 1. The lowest BCUT2D eigenvalue weighted by Crippen LogP contribution is -2.34. The van der Waals surface area contributed by atoms with Gasteiger partial charge < -0.3 is 16.0 Å². The van der Waals surface area contributed by atoms with E-state index in [2.05, 4.69) is 33.1 Å². The third-order valence-corrected chi connectivity index (χ3v) is 2.24. The molecular formula is C12H19N5O2. The number of hydrogen-bond acceptors (Lipinski definition) is 5. The van der Waals surface area contributed by atoms with Gasteiger partial charge in [0.25, 0.3) is 5.91 Å². The molecule has 7 nitrogen and oxygen atoms in total. The van der Waals surface area contributed by atoms with E-state index < -0.39 is 0 Å². The van der Waals surface area contributed by atoms with Crippen molar-refractivity contribution in [3.63, 3.8) is 0 Å². The van der Waals surface area contributed by atoms with Crippen molar-refractivity contribution in [2.45, 2.75) is 20.3 Å². The highest BCUT2D eigenvalue weighted by Crippen LogP contribution is 2.01. The Morgan fingerprint density at radius 3 is 2.42 bits per heavy atom. The van der Waals surface area contributed by atoms with Crippen LogP contribution in [0.1, 0.15) is 30.8 Å². The first-order valence-electron chi connectivity index (χ1n) is 6.23. The van der Waals surface area contributed by atoms with Crippen molar-refractivity contribution in [3.8, 4) is 0 Å². The number of nitrogens with zero attached hydrogens (tertiary/aromatic N) is 2. The molecule has 104 valence electrons. The summed E-state index contributed by atoms with van der Waals surface area (Å²) in [7, 11) is 0. The number of nitrogens with one attached hydrogen (secondary N) is 3. The smallest absolute Gasteiger partial charge is 0.271 e. The van der Waals surface area contributed by atoms with Gasteiger partial charge in [0.2, 0.25) is 5.91 Å². The lowest BCUT2D eigenvalue weighted by molar-refractivity contribution is -0.118. The fraction of sp³-hybridized carbons (Fsp3) is 0.500. The number of rotatable bonds is 7. The Kier molecular flexibility index (Phi) is 6.28. The van der Waals surface area contributed by atoms with Crippen molar-refractivity contribution in [2.24, 2.45) is 0 Å². The molecule has 1 aromatic rings. The van der Waals surface area contributed by atoms with Gasteiger partial charge in [0, 0.05) is 26.6 Å². The van der Waals surface area contributed by atoms with Crippen LogP contribution in [-0.4, -0.2) is 41.6 Å². The average molecular weight is 265 g/mol. The quantitative estimate of drug-likeness (QED) is 0.610. The summed E-state index contributed by atoms with van der Waals surface area (Å²) >= 11 is 0. The third kappa shape index (κ3) is 5.80. The first-order chi connectivity index (χ1) is 9.13. The van der Waals surface area contributed by atoms with E-state index in [1.54, 1.807) is 12.1 Å². The van der Waals surface area contributed by atoms with E-state index in [4.69, 9.17) is 0 Å². The average Bonchev–Trinajstić information content (AvgIpc) is 2.41. The van der Waals surface area contributed by atoms with Crippen molar-refractivity contribution in [1.29, 1.82) is 0 Å². The summed E-state index contributed by atoms with van der Waals surface area (Å²) in [4.78, 5) is 22.3. The second-order valence-electron chi connectivity index (χ2n) is 3.97. The Labute approximate surface area is 112 Å². The molecule has 19 heavy (non-hydrogen) atoms. The van der Waals surface area contributed by atoms with Gasteiger partial charge in [0.15, 0.2) is 5.69 Å². The SMILES string of the molecule is CCCNc1ccc(C(=O)NCCNC(C)=O)nn1. The molecule has 0 aliphatic rings. The van der Waals surface area contributed by atoms with Gasteiger partial charge in [0.1, 0.15) is 5.82 Å². The largest absolute Gasteiger partial charge is 0.369 e. The first kappa shape index (κ1) is 14.9. The van der Waals surface area contributed by atoms with Crippen LogP contribution in [0.4, 0.5) is 5.82 Å². The summed E-state index contributed by atoms with van der Waals surface area (Å²) in [5.41, 5.74) is 0.255. The predicted molar refractivity (Wildman–Crippen MR) is 71.8 cm³/mol. The highest BCUT2D eigenvalue weighted by molar-refractivity contribution is 5.92. The van der Waals surface area contributed by atoms with Gasteiger partial charge in [-0.15, -0.1) is 10.2 Å². The minimum Gasteiger partial charge on any atom is -0.369 e. The van der Waals surface area contributed by atoms with Crippen LogP contribution < -0.4 is 16.0 Å². The topological polar surface area (TPSA) is 96.0 Å². The normalized spacial score (nSPS) is 9.79. The van der Waals surface area contributed by atoms with Gasteiger partial charge in [-0.05, 0) is 18.6 Å². The summed E-state index contributed by atoms with van der Waals surface area (Å²) in [6.07, 6.45) is 0.993. The summed E-state index contributed by atoms with van der Waals surface area (Å²) in [5, 5.41) is 16.0. The van der Waals surface area contributed by atoms with E-state index >= 15 is 0 Å². The van der Waals surface area contributed by atoms with E-state index in [9.17, 15) is 9.59 Å². The summed E-state index contributed by atoms with van der Waals surface area (Å²) in [6, 6.07) is 3.32. The van der Waals surface area contributed by atoms with Gasteiger partial charge in [-0.2, -0.15) is 0 Å². The molecular weight excluding hydrogens is 246 g/mol. The second kappa shape index (κ2) is 8.02. The van der Waals surface area contributed by atoms with Crippen LogP contribution in [0.2, 0.25) is 0 Å². The molecule has 0 saturated carbocycles. The molecule has 1 heterocycles. The van der Waals surface area contributed by atoms with E-state index in [1.807, 2.05) is 0 Å². The number of carbonyl (C=O) groups is 2. The number of hydrogen-bond donors (Lipinski definition) is 3. The van der Waals surface area contributed by atoms with Crippen molar-refractivity contribution in [3.05, 3.63) is 17.8 Å². The molecule has 0 bridgehead atoms. The molecule has 0 radical (unpaired) electrons. The monoisotopic (exact) mass is 265 g/mol. The minimum atomic E-state index is -0.306. The van der Waals surface area contributed by atoms with E-state index in [0.717, 1.165) is 13.0 Å². The highest BCUT2D eigenvalue weighted by atomic mass is 16.2. The molecule has 0 atom stereocenters. The lowest BCUT2D eigenvalue weighted by atomic mass is 10.3. The van der Waals surface area contributed by atoms with Crippen LogP contribution in [0.3, 0.4) is 0 Å². The van der Waals surface area contributed by atoms with Gasteiger partial charge in [0.05, 0.1) is 0 Å². The fourth-order valence-electron chi connectivity index (χ4n) is 1.31. The van der Waals surface area contributed by atoms with Gasteiger partial charge in [-0.3, -0.25) is 9.59 Å².